The van der Waals surface area contributed by atoms with Crippen LogP contribution in [0.25, 0.3) is 0 Å². The van der Waals surface area contributed by atoms with Crippen molar-refractivity contribution in [2.24, 2.45) is 11.3 Å². The number of nitrogens with two attached hydrogens (primary N) is 1. The molecule has 1 aromatic heterocycles. The Bertz CT molecular complexity index is 557. The molecule has 19 heavy (non-hydrogen) atoms. The lowest BCUT2D eigenvalue weighted by Crippen LogP contribution is -2.43. The zero-order valence-corrected chi connectivity index (χ0v) is 12.1. The Morgan fingerprint density at radius 3 is 2.84 bits per heavy atom. The second-order valence-corrected chi connectivity index (χ2v) is 7.53. The molecule has 0 amide bonds. The van der Waals surface area contributed by atoms with E-state index in [2.05, 4.69) is 24.3 Å². The van der Waals surface area contributed by atoms with Crippen molar-refractivity contribution in [2.75, 3.05) is 18.5 Å². The average Bonchev–Trinajstić information content (AvgIpc) is 2.37. The van der Waals surface area contributed by atoms with Crippen molar-refractivity contribution in [3.8, 4) is 0 Å². The minimum Gasteiger partial charge on any atom is -0.323 e. The van der Waals surface area contributed by atoms with E-state index in [4.69, 9.17) is 5.84 Å². The molecule has 0 aromatic carbocycles. The maximum atomic E-state index is 12.6. The molecule has 0 aliphatic carbocycles. The number of anilines is 1. The molecule has 3 N–H and O–H groups in total. The van der Waals surface area contributed by atoms with Crippen LogP contribution in [0.4, 0.5) is 5.69 Å². The van der Waals surface area contributed by atoms with Gasteiger partial charge in [-0.25, -0.2) is 8.42 Å². The smallest absolute Gasteiger partial charge is 0.246 e. The van der Waals surface area contributed by atoms with E-state index in [1.807, 2.05) is 0 Å². The van der Waals surface area contributed by atoms with Crippen LogP contribution in [0.15, 0.2) is 23.4 Å². The standard InChI is InChI=1S/C12H20N4O2S/c1-12(2)5-3-7-16(9-12)19(17,18)11-8-14-6-4-10(11)15-13/h4,6,8H,3,5,7,9,13H2,1-2H3,(H,14,15). The molecule has 1 aromatic rings. The van der Waals surface area contributed by atoms with Crippen LogP contribution in [0.2, 0.25) is 0 Å². The quantitative estimate of drug-likeness (QED) is 0.642. The monoisotopic (exact) mass is 284 g/mol. The van der Waals surface area contributed by atoms with Crippen LogP contribution in [0.5, 0.6) is 0 Å². The van der Waals surface area contributed by atoms with Crippen molar-refractivity contribution in [3.05, 3.63) is 18.5 Å². The van der Waals surface area contributed by atoms with E-state index < -0.39 is 10.0 Å². The van der Waals surface area contributed by atoms with Crippen molar-refractivity contribution in [1.82, 2.24) is 9.29 Å². The number of nitrogens with one attached hydrogen (secondary N) is 1. The number of piperidine rings is 1. The predicted molar refractivity (Wildman–Crippen MR) is 73.8 cm³/mol. The summed E-state index contributed by atoms with van der Waals surface area (Å²) < 4.78 is 26.8. The van der Waals surface area contributed by atoms with Gasteiger partial charge in [-0.2, -0.15) is 4.31 Å². The maximum Gasteiger partial charge on any atom is 0.246 e. The van der Waals surface area contributed by atoms with Gasteiger partial charge in [0.15, 0.2) is 0 Å². The van der Waals surface area contributed by atoms with Crippen molar-refractivity contribution in [2.45, 2.75) is 31.6 Å². The van der Waals surface area contributed by atoms with Gasteiger partial charge in [0.1, 0.15) is 4.90 Å². The van der Waals surface area contributed by atoms with Crippen molar-refractivity contribution >= 4 is 15.7 Å². The molecule has 0 bridgehead atoms. The Balaban J connectivity index is 2.37. The Morgan fingerprint density at radius 2 is 2.21 bits per heavy atom. The van der Waals surface area contributed by atoms with Gasteiger partial charge >= 0.3 is 0 Å². The third-order valence-electron chi connectivity index (χ3n) is 3.42. The third-order valence-corrected chi connectivity index (χ3v) is 5.30. The van der Waals surface area contributed by atoms with Gasteiger partial charge in [0.25, 0.3) is 0 Å². The van der Waals surface area contributed by atoms with Crippen molar-refractivity contribution < 1.29 is 8.42 Å². The average molecular weight is 284 g/mol. The zero-order chi connectivity index (χ0) is 14.1. The number of nitrogens with zero attached hydrogens (tertiary/aromatic N) is 2. The summed E-state index contributed by atoms with van der Waals surface area (Å²) in [6.45, 7) is 5.24. The number of sulfonamides is 1. The summed E-state index contributed by atoms with van der Waals surface area (Å²) in [6, 6.07) is 1.56. The molecule has 1 aliphatic heterocycles. The molecule has 1 aliphatic rings. The first-order chi connectivity index (χ1) is 8.87. The van der Waals surface area contributed by atoms with Crippen molar-refractivity contribution in [1.29, 1.82) is 0 Å². The lowest BCUT2D eigenvalue weighted by Gasteiger charge is -2.37. The molecule has 1 saturated heterocycles. The predicted octanol–water partition coefficient (Wildman–Crippen LogP) is 1.18. The fourth-order valence-electron chi connectivity index (χ4n) is 2.42. The topological polar surface area (TPSA) is 88.3 Å². The number of aromatic nitrogens is 1. The fourth-order valence-corrected chi connectivity index (χ4v) is 4.18. The summed E-state index contributed by atoms with van der Waals surface area (Å²) in [4.78, 5) is 4.02. The second kappa shape index (κ2) is 5.07. The molecular formula is C12H20N4O2S. The molecule has 0 atom stereocenters. The van der Waals surface area contributed by atoms with Gasteiger partial charge in [0.2, 0.25) is 10.0 Å². The molecule has 0 unspecified atom stereocenters. The van der Waals surface area contributed by atoms with Crippen LogP contribution in [0.1, 0.15) is 26.7 Å². The van der Waals surface area contributed by atoms with E-state index in [0.717, 1.165) is 12.8 Å². The summed E-state index contributed by atoms with van der Waals surface area (Å²) in [5.74, 6) is 5.37. The Labute approximate surface area is 114 Å². The van der Waals surface area contributed by atoms with E-state index in [1.165, 1.54) is 16.7 Å². The lowest BCUT2D eigenvalue weighted by atomic mass is 9.85. The van der Waals surface area contributed by atoms with E-state index in [-0.39, 0.29) is 10.3 Å². The lowest BCUT2D eigenvalue weighted by molar-refractivity contribution is 0.187. The van der Waals surface area contributed by atoms with Gasteiger partial charge in [-0.3, -0.25) is 10.8 Å². The number of pyridine rings is 1. The minimum atomic E-state index is -3.55. The van der Waals surface area contributed by atoms with Gasteiger partial charge in [-0.15, -0.1) is 0 Å². The second-order valence-electron chi connectivity index (χ2n) is 5.62. The Kier molecular flexibility index (Phi) is 3.80. The van der Waals surface area contributed by atoms with E-state index in [0.29, 0.717) is 18.8 Å². The van der Waals surface area contributed by atoms with Crippen molar-refractivity contribution in [3.63, 3.8) is 0 Å². The highest BCUT2D eigenvalue weighted by molar-refractivity contribution is 7.89. The molecule has 2 rings (SSSR count). The molecule has 106 valence electrons. The molecular weight excluding hydrogens is 264 g/mol. The molecule has 0 spiro atoms. The number of nitrogen functional groups attached to an aromatic ring is 1. The minimum absolute atomic E-state index is 0.00381. The van der Waals surface area contributed by atoms with Crippen LogP contribution in [0.3, 0.4) is 0 Å². The highest BCUT2D eigenvalue weighted by Crippen LogP contribution is 2.33. The van der Waals surface area contributed by atoms with Gasteiger partial charge in [-0.05, 0) is 24.3 Å². The fraction of sp³-hybridized carbons (Fsp3) is 0.583. The number of hydrogen-bond acceptors (Lipinski definition) is 5. The van der Waals surface area contributed by atoms with Gasteiger partial charge in [0, 0.05) is 25.5 Å². The largest absolute Gasteiger partial charge is 0.323 e. The van der Waals surface area contributed by atoms with Gasteiger partial charge in [-0.1, -0.05) is 13.8 Å². The summed E-state index contributed by atoms with van der Waals surface area (Å²) >= 11 is 0. The summed E-state index contributed by atoms with van der Waals surface area (Å²) in [6.07, 6.45) is 4.76. The zero-order valence-electron chi connectivity index (χ0n) is 11.3. The third kappa shape index (κ3) is 2.88. The van der Waals surface area contributed by atoms with E-state index in [9.17, 15) is 8.42 Å². The highest BCUT2D eigenvalue weighted by atomic mass is 32.2. The Morgan fingerprint density at radius 1 is 1.47 bits per heavy atom. The summed E-state index contributed by atoms with van der Waals surface area (Å²) in [5.41, 5.74) is 2.79. The van der Waals surface area contributed by atoms with E-state index in [1.54, 1.807) is 6.07 Å². The summed E-state index contributed by atoms with van der Waals surface area (Å²) in [7, 11) is -3.55. The molecule has 7 heteroatoms. The highest BCUT2D eigenvalue weighted by Gasteiger charge is 2.35. The summed E-state index contributed by atoms with van der Waals surface area (Å²) in [5, 5.41) is 0. The van der Waals surface area contributed by atoms with Crippen LogP contribution in [-0.2, 0) is 10.0 Å². The number of hydrogen-bond donors (Lipinski definition) is 2. The van der Waals surface area contributed by atoms with Gasteiger partial charge < -0.3 is 5.43 Å². The first kappa shape index (κ1) is 14.2. The molecule has 0 radical (unpaired) electrons. The van der Waals surface area contributed by atoms with Gasteiger partial charge in [0.05, 0.1) is 5.69 Å². The number of hydrazine groups is 1. The SMILES string of the molecule is CC1(C)CCCN(S(=O)(=O)c2cnccc2NN)C1. The first-order valence-corrected chi connectivity index (χ1v) is 7.72. The maximum absolute atomic E-state index is 12.6. The van der Waals surface area contributed by atoms with Crippen LogP contribution in [-0.4, -0.2) is 30.8 Å². The molecule has 0 saturated carbocycles. The first-order valence-electron chi connectivity index (χ1n) is 6.28. The van der Waals surface area contributed by atoms with E-state index >= 15 is 0 Å². The van der Waals surface area contributed by atoms with Crippen LogP contribution < -0.4 is 11.3 Å². The Hall–Kier alpha value is -1.18. The molecule has 6 nitrogen and oxygen atoms in total. The van der Waals surface area contributed by atoms with Crippen LogP contribution in [0, 0.1) is 5.41 Å². The normalized spacial score (nSPS) is 20.2. The molecule has 2 heterocycles. The van der Waals surface area contributed by atoms with Crippen LogP contribution >= 0.6 is 0 Å². The molecule has 1 fully saturated rings. The number of rotatable bonds is 3.